The second kappa shape index (κ2) is 10.2. The fourth-order valence-electron chi connectivity index (χ4n) is 4.50. The van der Waals surface area contributed by atoms with Gasteiger partial charge in [0.2, 0.25) is 0 Å². The molecule has 1 N–H and O–H groups in total. The van der Waals surface area contributed by atoms with Crippen molar-refractivity contribution >= 4 is 12.4 Å². The molecule has 0 aromatic heterocycles. The zero-order chi connectivity index (χ0) is 18.5. The van der Waals surface area contributed by atoms with Crippen molar-refractivity contribution in [3.8, 4) is 11.5 Å². The molecule has 0 amide bonds. The quantitative estimate of drug-likeness (QED) is 0.737. The summed E-state index contributed by atoms with van der Waals surface area (Å²) >= 11 is 0. The molecule has 3 nitrogen and oxygen atoms in total. The molecule has 0 saturated carbocycles. The Morgan fingerprint density at radius 3 is 2.39 bits per heavy atom. The molecular formula is C24H32ClNO2. The van der Waals surface area contributed by atoms with Crippen LogP contribution in [0.15, 0.2) is 42.5 Å². The average molecular weight is 402 g/mol. The lowest BCUT2D eigenvalue weighted by Gasteiger charge is -2.32. The molecule has 4 heteroatoms. The van der Waals surface area contributed by atoms with Crippen LogP contribution in [0.4, 0.5) is 0 Å². The predicted molar refractivity (Wildman–Crippen MR) is 117 cm³/mol. The minimum Gasteiger partial charge on any atom is -0.508 e. The van der Waals surface area contributed by atoms with Gasteiger partial charge in [-0.1, -0.05) is 18.2 Å². The van der Waals surface area contributed by atoms with Gasteiger partial charge in [-0.05, 0) is 105 Å². The summed E-state index contributed by atoms with van der Waals surface area (Å²) in [5, 5.41) is 9.31. The number of aromatic hydroxyl groups is 1. The van der Waals surface area contributed by atoms with E-state index in [1.807, 2.05) is 12.1 Å². The van der Waals surface area contributed by atoms with Gasteiger partial charge in [0.25, 0.3) is 0 Å². The highest BCUT2D eigenvalue weighted by Crippen LogP contribution is 2.26. The Morgan fingerprint density at radius 1 is 0.929 bits per heavy atom. The molecule has 1 fully saturated rings. The molecule has 1 aliphatic carbocycles. The number of fused-ring (bicyclic) bond motifs is 1. The Bertz CT molecular complexity index is 739. The standard InChI is InChI=1S/C24H31NO2.ClH/c26-23-7-9-24(10-8-23)27-16-15-25-13-11-19(12-14-25)17-20-5-6-21-3-1-2-4-22(21)18-20;/h5-10,18-19,26H,1-4,11-17H2;1H. The molecule has 2 aromatic rings. The maximum absolute atomic E-state index is 9.31. The molecule has 4 rings (SSSR count). The average Bonchev–Trinajstić information content (AvgIpc) is 2.71. The summed E-state index contributed by atoms with van der Waals surface area (Å²) in [5.41, 5.74) is 4.75. The first kappa shape index (κ1) is 21.0. The molecule has 152 valence electrons. The molecule has 0 spiro atoms. The highest BCUT2D eigenvalue weighted by molar-refractivity contribution is 5.85. The summed E-state index contributed by atoms with van der Waals surface area (Å²) in [6.45, 7) is 4.04. The van der Waals surface area contributed by atoms with Gasteiger partial charge in [-0.25, -0.2) is 0 Å². The van der Waals surface area contributed by atoms with Gasteiger partial charge < -0.3 is 9.84 Å². The van der Waals surface area contributed by atoms with E-state index in [1.165, 1.54) is 58.0 Å². The number of ether oxygens (including phenoxy) is 1. The molecule has 0 unspecified atom stereocenters. The minimum absolute atomic E-state index is 0. The van der Waals surface area contributed by atoms with E-state index in [0.717, 1.165) is 18.2 Å². The normalized spacial score (nSPS) is 17.6. The van der Waals surface area contributed by atoms with Crippen molar-refractivity contribution in [2.45, 2.75) is 44.9 Å². The molecule has 0 bridgehead atoms. The second-order valence-corrected chi connectivity index (χ2v) is 8.14. The van der Waals surface area contributed by atoms with Gasteiger partial charge in [-0.2, -0.15) is 0 Å². The van der Waals surface area contributed by atoms with E-state index < -0.39 is 0 Å². The highest BCUT2D eigenvalue weighted by atomic mass is 35.5. The Kier molecular flexibility index (Phi) is 7.64. The van der Waals surface area contributed by atoms with Crippen LogP contribution >= 0.6 is 12.4 Å². The SMILES string of the molecule is Cl.Oc1ccc(OCCN2CCC(Cc3ccc4c(c3)CCCC4)CC2)cc1. The van der Waals surface area contributed by atoms with Gasteiger partial charge in [-0.15, -0.1) is 12.4 Å². The van der Waals surface area contributed by atoms with E-state index in [2.05, 4.69) is 23.1 Å². The van der Waals surface area contributed by atoms with Crippen LogP contribution in [0.2, 0.25) is 0 Å². The minimum atomic E-state index is 0. The molecule has 1 saturated heterocycles. The van der Waals surface area contributed by atoms with E-state index in [1.54, 1.807) is 28.8 Å². The van der Waals surface area contributed by atoms with Gasteiger partial charge >= 0.3 is 0 Å². The number of piperidine rings is 1. The van der Waals surface area contributed by atoms with Crippen LogP contribution in [0.3, 0.4) is 0 Å². The molecular weight excluding hydrogens is 370 g/mol. The number of nitrogens with zero attached hydrogens (tertiary/aromatic N) is 1. The number of aryl methyl sites for hydroxylation is 2. The summed E-state index contributed by atoms with van der Waals surface area (Å²) in [5.74, 6) is 1.93. The zero-order valence-electron chi connectivity index (χ0n) is 16.6. The summed E-state index contributed by atoms with van der Waals surface area (Å²) in [7, 11) is 0. The lowest BCUT2D eigenvalue weighted by Crippen LogP contribution is -2.37. The molecule has 2 aromatic carbocycles. The third-order valence-corrected chi connectivity index (χ3v) is 6.16. The molecule has 0 atom stereocenters. The predicted octanol–water partition coefficient (Wildman–Crippen LogP) is 5.03. The van der Waals surface area contributed by atoms with Gasteiger partial charge in [0.05, 0.1) is 0 Å². The van der Waals surface area contributed by atoms with Crippen molar-refractivity contribution in [1.29, 1.82) is 0 Å². The van der Waals surface area contributed by atoms with Crippen LogP contribution in [-0.2, 0) is 19.3 Å². The van der Waals surface area contributed by atoms with E-state index in [0.29, 0.717) is 6.61 Å². The van der Waals surface area contributed by atoms with Gasteiger partial charge in [-0.3, -0.25) is 4.90 Å². The van der Waals surface area contributed by atoms with Crippen LogP contribution in [0, 0.1) is 5.92 Å². The van der Waals surface area contributed by atoms with Crippen molar-refractivity contribution in [3.05, 3.63) is 59.2 Å². The fourth-order valence-corrected chi connectivity index (χ4v) is 4.50. The maximum atomic E-state index is 9.31. The van der Waals surface area contributed by atoms with Gasteiger partial charge in [0.15, 0.2) is 0 Å². The third kappa shape index (κ3) is 5.65. The summed E-state index contributed by atoms with van der Waals surface area (Å²) in [6, 6.07) is 14.2. The maximum Gasteiger partial charge on any atom is 0.119 e. The number of benzene rings is 2. The smallest absolute Gasteiger partial charge is 0.119 e. The molecule has 2 aliphatic rings. The van der Waals surface area contributed by atoms with Crippen LogP contribution in [0.25, 0.3) is 0 Å². The Labute approximate surface area is 175 Å². The largest absolute Gasteiger partial charge is 0.508 e. The Balaban J connectivity index is 0.00000225. The summed E-state index contributed by atoms with van der Waals surface area (Å²) < 4.78 is 5.79. The Hall–Kier alpha value is -1.71. The molecule has 1 aliphatic heterocycles. The van der Waals surface area contributed by atoms with Crippen molar-refractivity contribution in [2.75, 3.05) is 26.2 Å². The number of halogens is 1. The monoisotopic (exact) mass is 401 g/mol. The van der Waals surface area contributed by atoms with Crippen molar-refractivity contribution in [1.82, 2.24) is 4.90 Å². The van der Waals surface area contributed by atoms with E-state index >= 15 is 0 Å². The Morgan fingerprint density at radius 2 is 1.64 bits per heavy atom. The first-order chi connectivity index (χ1) is 13.3. The molecule has 28 heavy (non-hydrogen) atoms. The van der Waals surface area contributed by atoms with Crippen LogP contribution in [0.1, 0.15) is 42.4 Å². The summed E-state index contributed by atoms with van der Waals surface area (Å²) in [4.78, 5) is 2.52. The lowest BCUT2D eigenvalue weighted by molar-refractivity contribution is 0.155. The van der Waals surface area contributed by atoms with Crippen molar-refractivity contribution < 1.29 is 9.84 Å². The molecule has 1 heterocycles. The van der Waals surface area contributed by atoms with Gasteiger partial charge in [0, 0.05) is 6.54 Å². The van der Waals surface area contributed by atoms with Crippen molar-refractivity contribution in [3.63, 3.8) is 0 Å². The number of likely N-dealkylation sites (tertiary alicyclic amines) is 1. The second-order valence-electron chi connectivity index (χ2n) is 8.14. The van der Waals surface area contributed by atoms with E-state index in [4.69, 9.17) is 4.74 Å². The van der Waals surface area contributed by atoms with Crippen molar-refractivity contribution in [2.24, 2.45) is 5.92 Å². The number of phenolic OH excluding ortho intramolecular Hbond substituents is 1. The van der Waals surface area contributed by atoms with Crippen LogP contribution in [-0.4, -0.2) is 36.2 Å². The third-order valence-electron chi connectivity index (χ3n) is 6.16. The fraction of sp³-hybridized carbons (Fsp3) is 0.500. The first-order valence-corrected chi connectivity index (χ1v) is 10.5. The zero-order valence-corrected chi connectivity index (χ0v) is 17.4. The number of phenols is 1. The topological polar surface area (TPSA) is 32.7 Å². The lowest BCUT2D eigenvalue weighted by atomic mass is 9.86. The first-order valence-electron chi connectivity index (χ1n) is 10.5. The highest BCUT2D eigenvalue weighted by Gasteiger charge is 2.20. The number of hydrogen-bond donors (Lipinski definition) is 1. The van der Waals surface area contributed by atoms with Crippen LogP contribution < -0.4 is 4.74 Å². The van der Waals surface area contributed by atoms with Gasteiger partial charge in [0.1, 0.15) is 18.1 Å². The number of rotatable bonds is 6. The van der Waals surface area contributed by atoms with E-state index in [9.17, 15) is 5.11 Å². The number of hydrogen-bond acceptors (Lipinski definition) is 3. The molecule has 0 radical (unpaired) electrons. The summed E-state index contributed by atoms with van der Waals surface area (Å²) in [6.07, 6.45) is 9.10. The van der Waals surface area contributed by atoms with E-state index in [-0.39, 0.29) is 18.2 Å². The van der Waals surface area contributed by atoms with Crippen LogP contribution in [0.5, 0.6) is 11.5 Å².